The van der Waals surface area contributed by atoms with Gasteiger partial charge in [0.15, 0.2) is 5.15 Å². The van der Waals surface area contributed by atoms with E-state index < -0.39 is 11.9 Å². The van der Waals surface area contributed by atoms with Crippen molar-refractivity contribution in [3.63, 3.8) is 0 Å². The molecule has 1 aromatic heterocycles. The van der Waals surface area contributed by atoms with E-state index in [1.807, 2.05) is 0 Å². The van der Waals surface area contributed by atoms with Crippen molar-refractivity contribution in [3.05, 3.63) is 70.3 Å². The maximum atomic E-state index is 13.7. The third-order valence-corrected chi connectivity index (χ3v) is 7.76. The zero-order valence-corrected chi connectivity index (χ0v) is 24.4. The lowest BCUT2D eigenvalue weighted by Gasteiger charge is -2.39. The molecule has 3 heterocycles. The Morgan fingerprint density at radius 1 is 1.17 bits per heavy atom. The molecule has 1 aliphatic carbocycles. The fraction of sp³-hybridized carbons (Fsp3) is 0.357. The number of rotatable bonds is 8. The molecule has 1 aromatic carbocycles. The Hall–Kier alpha value is -4.00. The molecule has 0 saturated carbocycles. The summed E-state index contributed by atoms with van der Waals surface area (Å²) in [6.07, 6.45) is 9.96. The van der Waals surface area contributed by atoms with Crippen LogP contribution in [0.5, 0.6) is 0 Å². The fourth-order valence-corrected chi connectivity index (χ4v) is 5.51. The number of ether oxygens (including phenoxy) is 1. The van der Waals surface area contributed by atoms with Gasteiger partial charge in [-0.05, 0) is 61.6 Å². The van der Waals surface area contributed by atoms with Crippen LogP contribution in [0.3, 0.4) is 0 Å². The first kappa shape index (κ1) is 29.5. The largest absolute Gasteiger partial charge is 0.393 e. The second kappa shape index (κ2) is 12.9. The van der Waals surface area contributed by atoms with Gasteiger partial charge in [0.1, 0.15) is 19.1 Å². The van der Waals surface area contributed by atoms with Gasteiger partial charge < -0.3 is 25.7 Å². The van der Waals surface area contributed by atoms with Crippen molar-refractivity contribution in [2.75, 3.05) is 38.3 Å². The average Bonchev–Trinajstić information content (AvgIpc) is 3.41. The number of nitrogens with zero attached hydrogens (tertiary/aromatic N) is 5. The third-order valence-electron chi connectivity index (χ3n) is 7.36. The molecule has 2 aromatic rings. The average molecular weight is 614 g/mol. The van der Waals surface area contributed by atoms with Gasteiger partial charge in [-0.1, -0.05) is 28.4 Å². The third kappa shape index (κ3) is 6.56. The smallest absolute Gasteiger partial charge is 0.247 e. The van der Waals surface area contributed by atoms with E-state index in [2.05, 4.69) is 20.9 Å². The number of nitrogens with one attached hydrogen (secondary N) is 3. The molecule has 0 spiro atoms. The van der Waals surface area contributed by atoms with Crippen LogP contribution in [0.2, 0.25) is 10.2 Å². The topological polar surface area (TPSA) is 146 Å². The first-order valence-electron chi connectivity index (χ1n) is 13.5. The number of amides is 3. The zero-order chi connectivity index (χ0) is 29.8. The Morgan fingerprint density at radius 2 is 1.95 bits per heavy atom. The van der Waals surface area contributed by atoms with Gasteiger partial charge >= 0.3 is 0 Å². The predicted octanol–water partition coefficient (Wildman–Crippen LogP) is 2.63. The summed E-state index contributed by atoms with van der Waals surface area (Å²) in [6, 6.07) is 4.00. The molecule has 1 atom stereocenters. The zero-order valence-electron chi connectivity index (χ0n) is 22.8. The molecule has 0 radical (unpaired) electrons. The lowest BCUT2D eigenvalue weighted by atomic mass is 9.91. The highest BCUT2D eigenvalue weighted by molar-refractivity contribution is 6.31. The summed E-state index contributed by atoms with van der Waals surface area (Å²) in [6.45, 7) is 0.574. The summed E-state index contributed by atoms with van der Waals surface area (Å²) < 4.78 is 6.89. The first-order valence-corrected chi connectivity index (χ1v) is 14.2. The lowest BCUT2D eigenvalue weighted by molar-refractivity contribution is -0.145. The molecule has 0 bridgehead atoms. The number of hydrogen-bond acceptors (Lipinski definition) is 8. The SMILES string of the molecule is CN/C=C1/C=C(NC(=O)C(CC2CCOCC2)N2CC(=O)N(c3cc(Cl)ccc3-n3cc(Cl)nn3)CC2=O)C=CC1=N. The van der Waals surface area contributed by atoms with E-state index in [0.29, 0.717) is 53.0 Å². The number of hydrogen-bond donors (Lipinski definition) is 3. The number of halogens is 2. The van der Waals surface area contributed by atoms with Crippen LogP contribution in [0.15, 0.2) is 60.1 Å². The Bertz CT molecular complexity index is 1490. The van der Waals surface area contributed by atoms with Gasteiger partial charge in [-0.25, -0.2) is 4.68 Å². The fourth-order valence-electron chi connectivity index (χ4n) is 5.22. The molecule has 5 rings (SSSR count). The molecule has 3 N–H and O–H groups in total. The summed E-state index contributed by atoms with van der Waals surface area (Å²) in [5, 5.41) is 22.2. The minimum Gasteiger partial charge on any atom is -0.393 e. The van der Waals surface area contributed by atoms with Crippen LogP contribution in [-0.2, 0) is 19.1 Å². The number of anilines is 1. The van der Waals surface area contributed by atoms with Gasteiger partial charge in [0.2, 0.25) is 17.7 Å². The van der Waals surface area contributed by atoms with Gasteiger partial charge in [0.25, 0.3) is 0 Å². The van der Waals surface area contributed by atoms with Crippen molar-refractivity contribution in [1.82, 2.24) is 30.5 Å². The van der Waals surface area contributed by atoms with Crippen molar-refractivity contribution in [2.24, 2.45) is 5.92 Å². The highest BCUT2D eigenvalue weighted by atomic mass is 35.5. The number of benzene rings is 1. The second-order valence-electron chi connectivity index (χ2n) is 10.2. The van der Waals surface area contributed by atoms with Crippen LogP contribution < -0.4 is 15.5 Å². The Balaban J connectivity index is 1.40. The molecule has 12 nitrogen and oxygen atoms in total. The molecular weight excluding hydrogens is 583 g/mol. The Morgan fingerprint density at radius 3 is 2.67 bits per heavy atom. The number of carbonyl (C=O) groups excluding carboxylic acids is 3. The van der Waals surface area contributed by atoms with Crippen molar-refractivity contribution < 1.29 is 19.1 Å². The number of aromatic nitrogens is 3. The van der Waals surface area contributed by atoms with Crippen LogP contribution in [-0.4, -0.2) is 82.7 Å². The van der Waals surface area contributed by atoms with E-state index in [-0.39, 0.29) is 36.0 Å². The monoisotopic (exact) mass is 612 g/mol. The normalized spacial score (nSPS) is 19.7. The standard InChI is InChI=1S/C28H30Cl2N8O4/c1-32-13-18-11-20(3-4-21(18)31)33-28(41)24(10-17-6-8-42-9-7-17)37-16-26(39)36(15-27(37)40)23-12-19(29)2-5-22(23)38-14-25(30)34-35-38/h2-5,11-14,17,24,31-32H,6-10,15-16H2,1H3,(H,33,41)/b18-13-,31-21?. The van der Waals surface area contributed by atoms with Gasteiger partial charge in [0.05, 0.1) is 23.3 Å². The maximum Gasteiger partial charge on any atom is 0.247 e. The molecule has 42 heavy (non-hydrogen) atoms. The minimum absolute atomic E-state index is 0.149. The van der Waals surface area contributed by atoms with Crippen molar-refractivity contribution in [2.45, 2.75) is 25.3 Å². The maximum absolute atomic E-state index is 13.7. The predicted molar refractivity (Wildman–Crippen MR) is 158 cm³/mol. The quantitative estimate of drug-likeness (QED) is 0.415. The molecule has 2 fully saturated rings. The minimum atomic E-state index is -0.882. The van der Waals surface area contributed by atoms with Gasteiger partial charge in [0, 0.05) is 42.8 Å². The summed E-state index contributed by atoms with van der Waals surface area (Å²) in [5.41, 5.74) is 2.23. The number of allylic oxidation sites excluding steroid dienone is 4. The van der Waals surface area contributed by atoms with Gasteiger partial charge in [-0.15, -0.1) is 5.10 Å². The molecule has 3 amide bonds. The molecule has 2 aliphatic heterocycles. The molecule has 3 aliphatic rings. The van der Waals surface area contributed by atoms with Crippen molar-refractivity contribution >= 4 is 52.3 Å². The molecule has 14 heteroatoms. The van der Waals surface area contributed by atoms with E-state index in [4.69, 9.17) is 33.3 Å². The van der Waals surface area contributed by atoms with Gasteiger partial charge in [-0.3, -0.25) is 19.3 Å². The molecule has 1 unspecified atom stereocenters. The first-order chi connectivity index (χ1) is 20.2. The Kier molecular flexibility index (Phi) is 9.05. The summed E-state index contributed by atoms with van der Waals surface area (Å²) in [7, 11) is 1.73. The van der Waals surface area contributed by atoms with E-state index in [9.17, 15) is 14.4 Å². The van der Waals surface area contributed by atoms with Gasteiger partial charge in [-0.2, -0.15) is 0 Å². The van der Waals surface area contributed by atoms with E-state index in [1.54, 1.807) is 49.7 Å². The second-order valence-corrected chi connectivity index (χ2v) is 11.0. The van der Waals surface area contributed by atoms with E-state index in [1.165, 1.54) is 20.7 Å². The van der Waals surface area contributed by atoms with Crippen molar-refractivity contribution in [1.29, 1.82) is 5.41 Å². The summed E-state index contributed by atoms with van der Waals surface area (Å²) in [4.78, 5) is 43.7. The summed E-state index contributed by atoms with van der Waals surface area (Å²) in [5.74, 6) is -1.01. The van der Waals surface area contributed by atoms with E-state index in [0.717, 1.165) is 12.8 Å². The molecule has 220 valence electrons. The van der Waals surface area contributed by atoms with Crippen molar-refractivity contribution in [3.8, 4) is 5.69 Å². The highest BCUT2D eigenvalue weighted by Gasteiger charge is 2.40. The Labute approximate surface area is 252 Å². The molecular formula is C28H30Cl2N8O4. The number of piperazine rings is 1. The number of carbonyl (C=O) groups is 3. The van der Waals surface area contributed by atoms with Crippen LogP contribution >= 0.6 is 23.2 Å². The van der Waals surface area contributed by atoms with Crippen LogP contribution in [0.1, 0.15) is 19.3 Å². The summed E-state index contributed by atoms with van der Waals surface area (Å²) >= 11 is 12.2. The van der Waals surface area contributed by atoms with E-state index >= 15 is 0 Å². The van der Waals surface area contributed by atoms with Crippen LogP contribution in [0.25, 0.3) is 5.69 Å². The molecule has 2 saturated heterocycles. The lowest BCUT2D eigenvalue weighted by Crippen LogP contribution is -2.60. The van der Waals surface area contributed by atoms with Crippen LogP contribution in [0.4, 0.5) is 5.69 Å². The highest BCUT2D eigenvalue weighted by Crippen LogP contribution is 2.31. The van der Waals surface area contributed by atoms with Crippen LogP contribution in [0, 0.1) is 11.3 Å².